The lowest BCUT2D eigenvalue weighted by atomic mass is 10.1. The van der Waals surface area contributed by atoms with Crippen LogP contribution >= 0.6 is 0 Å². The van der Waals surface area contributed by atoms with Crippen molar-refractivity contribution in [3.8, 4) is 16.9 Å². The van der Waals surface area contributed by atoms with Gasteiger partial charge in [-0.05, 0) is 23.3 Å². The Morgan fingerprint density at radius 1 is 1.04 bits per heavy atom. The first-order valence-corrected chi connectivity index (χ1v) is 7.37. The van der Waals surface area contributed by atoms with Crippen molar-refractivity contribution in [3.63, 3.8) is 0 Å². The molecule has 0 amide bonds. The zero-order valence-electron chi connectivity index (χ0n) is 12.4. The SMILES string of the molecule is O=C(COc1ccc(-c2ccccc2)cc1)O[C@H]1CCOC1=O. The molecule has 0 saturated carbocycles. The molecule has 0 aliphatic carbocycles. The lowest BCUT2D eigenvalue weighted by Crippen LogP contribution is -2.26. The van der Waals surface area contributed by atoms with Crippen molar-refractivity contribution in [2.24, 2.45) is 0 Å². The van der Waals surface area contributed by atoms with Gasteiger partial charge in [-0.2, -0.15) is 0 Å². The molecule has 0 N–H and O–H groups in total. The Hall–Kier alpha value is -2.82. The number of rotatable bonds is 5. The van der Waals surface area contributed by atoms with Gasteiger partial charge in [0, 0.05) is 6.42 Å². The van der Waals surface area contributed by atoms with Crippen LogP contribution < -0.4 is 4.74 Å². The zero-order chi connectivity index (χ0) is 16.1. The largest absolute Gasteiger partial charge is 0.482 e. The van der Waals surface area contributed by atoms with Gasteiger partial charge in [0.05, 0.1) is 6.61 Å². The van der Waals surface area contributed by atoms with Crippen molar-refractivity contribution >= 4 is 11.9 Å². The van der Waals surface area contributed by atoms with E-state index < -0.39 is 18.0 Å². The van der Waals surface area contributed by atoms with Gasteiger partial charge >= 0.3 is 11.9 Å². The highest BCUT2D eigenvalue weighted by molar-refractivity contribution is 5.81. The minimum absolute atomic E-state index is 0.242. The third-order valence-electron chi connectivity index (χ3n) is 3.48. The summed E-state index contributed by atoms with van der Waals surface area (Å²) in [5, 5.41) is 0. The summed E-state index contributed by atoms with van der Waals surface area (Å²) in [5.41, 5.74) is 2.17. The van der Waals surface area contributed by atoms with Crippen molar-refractivity contribution in [1.29, 1.82) is 0 Å². The third-order valence-corrected chi connectivity index (χ3v) is 3.48. The molecule has 2 aromatic rings. The fourth-order valence-electron chi connectivity index (χ4n) is 2.29. The van der Waals surface area contributed by atoms with E-state index in [4.69, 9.17) is 14.2 Å². The molecule has 1 aliphatic heterocycles. The maximum atomic E-state index is 11.7. The fraction of sp³-hybridized carbons (Fsp3) is 0.222. The van der Waals surface area contributed by atoms with E-state index >= 15 is 0 Å². The zero-order valence-corrected chi connectivity index (χ0v) is 12.4. The smallest absolute Gasteiger partial charge is 0.347 e. The van der Waals surface area contributed by atoms with Gasteiger partial charge < -0.3 is 14.2 Å². The van der Waals surface area contributed by atoms with Crippen LogP contribution in [0.2, 0.25) is 0 Å². The monoisotopic (exact) mass is 312 g/mol. The average Bonchev–Trinajstić information content (AvgIpc) is 2.99. The van der Waals surface area contributed by atoms with Gasteiger partial charge in [-0.15, -0.1) is 0 Å². The summed E-state index contributed by atoms with van der Waals surface area (Å²) in [4.78, 5) is 22.9. The van der Waals surface area contributed by atoms with Gasteiger partial charge in [0.2, 0.25) is 6.10 Å². The van der Waals surface area contributed by atoms with Gasteiger partial charge in [0.15, 0.2) is 6.61 Å². The first-order chi connectivity index (χ1) is 11.2. The highest BCUT2D eigenvalue weighted by Gasteiger charge is 2.30. The normalized spacial score (nSPS) is 16.7. The van der Waals surface area contributed by atoms with E-state index in [1.807, 2.05) is 42.5 Å². The van der Waals surface area contributed by atoms with Crippen LogP contribution in [0.25, 0.3) is 11.1 Å². The van der Waals surface area contributed by atoms with Crippen molar-refractivity contribution < 1.29 is 23.8 Å². The Morgan fingerprint density at radius 3 is 2.39 bits per heavy atom. The van der Waals surface area contributed by atoms with Crippen molar-refractivity contribution in [2.45, 2.75) is 12.5 Å². The predicted octanol–water partition coefficient (Wildman–Crippen LogP) is 2.59. The molecule has 118 valence electrons. The summed E-state index contributed by atoms with van der Waals surface area (Å²) in [7, 11) is 0. The highest BCUT2D eigenvalue weighted by atomic mass is 16.6. The van der Waals surface area contributed by atoms with Crippen molar-refractivity contribution in [2.75, 3.05) is 13.2 Å². The van der Waals surface area contributed by atoms with Crippen LogP contribution in [0.4, 0.5) is 0 Å². The standard InChI is InChI=1S/C18H16O5/c19-17(23-16-10-11-21-18(16)20)12-22-15-8-6-14(7-9-15)13-4-2-1-3-5-13/h1-9,16H,10-12H2/t16-/m0/s1. The van der Waals surface area contributed by atoms with Gasteiger partial charge in [-0.25, -0.2) is 9.59 Å². The molecule has 5 heteroatoms. The number of hydrogen-bond acceptors (Lipinski definition) is 5. The lowest BCUT2D eigenvalue weighted by Gasteiger charge is -2.10. The molecule has 2 aromatic carbocycles. The highest BCUT2D eigenvalue weighted by Crippen LogP contribution is 2.22. The minimum atomic E-state index is -0.799. The molecular formula is C18H16O5. The van der Waals surface area contributed by atoms with Gasteiger partial charge in [0.1, 0.15) is 5.75 Å². The quantitative estimate of drug-likeness (QED) is 0.794. The second kappa shape index (κ2) is 6.96. The van der Waals surface area contributed by atoms with Gasteiger partial charge in [-0.3, -0.25) is 0 Å². The summed E-state index contributed by atoms with van der Waals surface area (Å²) in [6.45, 7) is 0.0487. The molecule has 0 radical (unpaired) electrons. The number of ether oxygens (including phenoxy) is 3. The molecule has 1 aliphatic rings. The summed E-state index contributed by atoms with van der Waals surface area (Å²) in [6, 6.07) is 17.4. The average molecular weight is 312 g/mol. The number of hydrogen-bond donors (Lipinski definition) is 0. The molecule has 1 fully saturated rings. The molecule has 1 heterocycles. The first-order valence-electron chi connectivity index (χ1n) is 7.37. The molecular weight excluding hydrogens is 296 g/mol. The third kappa shape index (κ3) is 3.88. The lowest BCUT2D eigenvalue weighted by molar-refractivity contribution is -0.161. The van der Waals surface area contributed by atoms with Gasteiger partial charge in [0.25, 0.3) is 0 Å². The van der Waals surface area contributed by atoms with Crippen LogP contribution in [0.1, 0.15) is 6.42 Å². The molecule has 1 atom stereocenters. The number of benzene rings is 2. The summed E-state index contributed by atoms with van der Waals surface area (Å²) < 4.78 is 15.1. The Labute approximate surface area is 133 Å². The van der Waals surface area contributed by atoms with E-state index in [9.17, 15) is 9.59 Å². The Balaban J connectivity index is 1.52. The van der Waals surface area contributed by atoms with Crippen LogP contribution in [0.15, 0.2) is 54.6 Å². The summed E-state index contributed by atoms with van der Waals surface area (Å²) in [6.07, 6.45) is -0.400. The number of carbonyl (C=O) groups excluding carboxylic acids is 2. The Morgan fingerprint density at radius 2 is 1.74 bits per heavy atom. The Bertz CT molecular complexity index is 678. The molecule has 0 unspecified atom stereocenters. The molecule has 3 rings (SSSR count). The van der Waals surface area contributed by atoms with E-state index in [2.05, 4.69) is 0 Å². The second-order valence-corrected chi connectivity index (χ2v) is 5.11. The van der Waals surface area contributed by atoms with E-state index in [1.165, 1.54) is 0 Å². The summed E-state index contributed by atoms with van der Waals surface area (Å²) in [5.74, 6) is -0.512. The fourth-order valence-corrected chi connectivity index (χ4v) is 2.29. The van der Waals surface area contributed by atoms with Crippen LogP contribution in [-0.2, 0) is 19.1 Å². The molecule has 5 nitrogen and oxygen atoms in total. The molecule has 23 heavy (non-hydrogen) atoms. The van der Waals surface area contributed by atoms with E-state index in [0.717, 1.165) is 11.1 Å². The minimum Gasteiger partial charge on any atom is -0.482 e. The van der Waals surface area contributed by atoms with E-state index in [-0.39, 0.29) is 6.61 Å². The summed E-state index contributed by atoms with van der Waals surface area (Å²) >= 11 is 0. The van der Waals surface area contributed by atoms with Crippen molar-refractivity contribution in [3.05, 3.63) is 54.6 Å². The topological polar surface area (TPSA) is 61.8 Å². The molecule has 0 aromatic heterocycles. The van der Waals surface area contributed by atoms with Crippen LogP contribution in [0, 0.1) is 0 Å². The van der Waals surface area contributed by atoms with Crippen LogP contribution in [-0.4, -0.2) is 31.3 Å². The predicted molar refractivity (Wildman–Crippen MR) is 82.8 cm³/mol. The second-order valence-electron chi connectivity index (χ2n) is 5.11. The first kappa shape index (κ1) is 15.1. The van der Waals surface area contributed by atoms with Crippen LogP contribution in [0.3, 0.4) is 0 Å². The number of esters is 2. The maximum absolute atomic E-state index is 11.7. The van der Waals surface area contributed by atoms with Gasteiger partial charge in [-0.1, -0.05) is 42.5 Å². The van der Waals surface area contributed by atoms with E-state index in [1.54, 1.807) is 12.1 Å². The Kier molecular flexibility index (Phi) is 4.57. The molecule has 0 bridgehead atoms. The van der Waals surface area contributed by atoms with Crippen LogP contribution in [0.5, 0.6) is 5.75 Å². The molecule has 1 saturated heterocycles. The van der Waals surface area contributed by atoms with E-state index in [0.29, 0.717) is 18.8 Å². The number of carbonyl (C=O) groups is 2. The maximum Gasteiger partial charge on any atom is 0.347 e. The van der Waals surface area contributed by atoms with Crippen molar-refractivity contribution in [1.82, 2.24) is 0 Å². The number of cyclic esters (lactones) is 1. The molecule has 0 spiro atoms.